The Hall–Kier alpha value is -1.47. The second-order valence-electron chi connectivity index (χ2n) is 6.25. The lowest BCUT2D eigenvalue weighted by molar-refractivity contribution is -0.125. The Balaban J connectivity index is 1.80. The lowest BCUT2D eigenvalue weighted by Crippen LogP contribution is -2.43. The van der Waals surface area contributed by atoms with Crippen LogP contribution in [0.25, 0.3) is 10.7 Å². The number of aromatic nitrogens is 3. The van der Waals surface area contributed by atoms with E-state index in [0.29, 0.717) is 10.7 Å². The maximum atomic E-state index is 12.7. The van der Waals surface area contributed by atoms with Crippen LogP contribution in [0, 0.1) is 10.7 Å². The number of nitrogens with zero attached hydrogens (tertiary/aromatic N) is 2. The molecule has 2 heterocycles. The van der Waals surface area contributed by atoms with E-state index in [1.807, 2.05) is 29.0 Å². The molecule has 0 bridgehead atoms. The molecule has 0 unspecified atom stereocenters. The second kappa shape index (κ2) is 6.97. The highest BCUT2D eigenvalue weighted by atomic mass is 32.1. The van der Waals surface area contributed by atoms with Crippen molar-refractivity contribution in [1.82, 2.24) is 20.1 Å². The first-order valence-corrected chi connectivity index (χ1v) is 9.38. The van der Waals surface area contributed by atoms with Gasteiger partial charge in [0.05, 0.1) is 4.88 Å². The molecule has 2 aromatic rings. The normalized spacial score (nSPS) is 22.7. The molecule has 1 aliphatic rings. The van der Waals surface area contributed by atoms with Gasteiger partial charge in [-0.1, -0.05) is 25.8 Å². The summed E-state index contributed by atoms with van der Waals surface area (Å²) in [7, 11) is 0. The minimum absolute atomic E-state index is 0.0130. The highest BCUT2D eigenvalue weighted by Gasteiger charge is 2.27. The SMILES string of the molecule is C[C@@H]1CCCC[C@H]1NC(=O)[C@H](C)n1c(-c2cccs2)n[nH]c1=S. The standard InChI is InChI=1S/C16H22N4OS2/c1-10-6-3-4-7-12(10)17-15(21)11(2)20-14(18-19-16(20)22)13-8-5-9-23-13/h5,8-12H,3-4,6-7H2,1-2H3,(H,17,21)(H,19,22)/t10-,11+,12-/m1/s1. The average molecular weight is 351 g/mol. The van der Waals surface area contributed by atoms with Gasteiger partial charge in [0, 0.05) is 6.04 Å². The first-order chi connectivity index (χ1) is 11.1. The summed E-state index contributed by atoms with van der Waals surface area (Å²) in [6, 6.07) is 3.84. The van der Waals surface area contributed by atoms with Gasteiger partial charge in [-0.3, -0.25) is 14.5 Å². The number of hydrogen-bond acceptors (Lipinski definition) is 4. The predicted molar refractivity (Wildman–Crippen MR) is 95.0 cm³/mol. The molecule has 0 radical (unpaired) electrons. The van der Waals surface area contributed by atoms with Gasteiger partial charge in [-0.25, -0.2) is 0 Å². The van der Waals surface area contributed by atoms with Gasteiger partial charge >= 0.3 is 0 Å². The molecule has 0 aliphatic heterocycles. The maximum absolute atomic E-state index is 12.7. The molecule has 0 spiro atoms. The van der Waals surface area contributed by atoms with E-state index >= 15 is 0 Å². The molecule has 1 amide bonds. The van der Waals surface area contributed by atoms with Crippen molar-refractivity contribution in [1.29, 1.82) is 0 Å². The molecule has 5 nitrogen and oxygen atoms in total. The Morgan fingerprint density at radius 3 is 3.00 bits per heavy atom. The fourth-order valence-electron chi connectivity index (χ4n) is 3.19. The van der Waals surface area contributed by atoms with Crippen molar-refractivity contribution in [2.75, 3.05) is 0 Å². The highest BCUT2D eigenvalue weighted by Crippen LogP contribution is 2.27. The van der Waals surface area contributed by atoms with E-state index in [9.17, 15) is 4.79 Å². The molecule has 23 heavy (non-hydrogen) atoms. The number of H-pyrrole nitrogens is 1. The van der Waals surface area contributed by atoms with Crippen LogP contribution in [0.1, 0.15) is 45.6 Å². The molecule has 7 heteroatoms. The Labute approximate surface area is 145 Å². The molecule has 1 aliphatic carbocycles. The molecule has 3 atom stereocenters. The number of amides is 1. The molecule has 0 saturated heterocycles. The van der Waals surface area contributed by atoms with Crippen molar-refractivity contribution >= 4 is 29.5 Å². The summed E-state index contributed by atoms with van der Waals surface area (Å²) in [5, 5.41) is 12.3. The Kier molecular flexibility index (Phi) is 4.96. The molecule has 124 valence electrons. The van der Waals surface area contributed by atoms with Crippen molar-refractivity contribution in [2.45, 2.75) is 51.6 Å². The maximum Gasteiger partial charge on any atom is 0.243 e. The largest absolute Gasteiger partial charge is 0.351 e. The van der Waals surface area contributed by atoms with Gasteiger partial charge in [-0.2, -0.15) is 5.10 Å². The molecule has 2 aromatic heterocycles. The Morgan fingerprint density at radius 2 is 2.30 bits per heavy atom. The van der Waals surface area contributed by atoms with Crippen molar-refractivity contribution in [3.8, 4) is 10.7 Å². The third-order valence-electron chi connectivity index (χ3n) is 4.65. The van der Waals surface area contributed by atoms with Gasteiger partial charge in [0.25, 0.3) is 0 Å². The smallest absolute Gasteiger partial charge is 0.243 e. The topological polar surface area (TPSA) is 62.7 Å². The van der Waals surface area contributed by atoms with Gasteiger partial charge in [0.2, 0.25) is 5.91 Å². The number of carbonyl (C=O) groups excluding carboxylic acids is 1. The molecule has 3 rings (SSSR count). The number of carbonyl (C=O) groups is 1. The molecule has 1 saturated carbocycles. The molecule has 1 fully saturated rings. The van der Waals surface area contributed by atoms with E-state index in [1.54, 1.807) is 11.3 Å². The van der Waals surface area contributed by atoms with Crippen LogP contribution in [0.2, 0.25) is 0 Å². The quantitative estimate of drug-likeness (QED) is 0.822. The van der Waals surface area contributed by atoms with E-state index in [4.69, 9.17) is 12.2 Å². The van der Waals surface area contributed by atoms with Crippen molar-refractivity contribution in [2.24, 2.45) is 5.92 Å². The zero-order valence-corrected chi connectivity index (χ0v) is 15.0. The predicted octanol–water partition coefficient (Wildman–Crippen LogP) is 3.93. The number of nitrogens with one attached hydrogen (secondary N) is 2. The van der Waals surface area contributed by atoms with Gasteiger partial charge < -0.3 is 5.32 Å². The van der Waals surface area contributed by atoms with Crippen molar-refractivity contribution in [3.63, 3.8) is 0 Å². The zero-order chi connectivity index (χ0) is 16.4. The lowest BCUT2D eigenvalue weighted by Gasteiger charge is -2.30. The van der Waals surface area contributed by atoms with Crippen molar-refractivity contribution in [3.05, 3.63) is 22.3 Å². The number of rotatable bonds is 4. The van der Waals surface area contributed by atoms with Gasteiger partial charge in [-0.05, 0) is 49.3 Å². The van der Waals surface area contributed by atoms with Crippen LogP contribution < -0.4 is 5.32 Å². The van der Waals surface area contributed by atoms with Crippen LogP contribution in [-0.4, -0.2) is 26.7 Å². The van der Waals surface area contributed by atoms with E-state index in [1.165, 1.54) is 19.3 Å². The van der Waals surface area contributed by atoms with Crippen LogP contribution >= 0.6 is 23.6 Å². The Morgan fingerprint density at radius 1 is 1.52 bits per heavy atom. The third-order valence-corrected chi connectivity index (χ3v) is 5.81. The average Bonchev–Trinajstić information content (AvgIpc) is 3.18. The van der Waals surface area contributed by atoms with Gasteiger partial charge in [0.15, 0.2) is 10.6 Å². The van der Waals surface area contributed by atoms with Crippen LogP contribution in [0.4, 0.5) is 0 Å². The lowest BCUT2D eigenvalue weighted by atomic mass is 9.86. The molecular weight excluding hydrogens is 328 g/mol. The van der Waals surface area contributed by atoms with E-state index in [-0.39, 0.29) is 18.0 Å². The summed E-state index contributed by atoms with van der Waals surface area (Å²) in [4.78, 5) is 13.7. The fourth-order valence-corrected chi connectivity index (χ4v) is 4.20. The number of thiophene rings is 1. The van der Waals surface area contributed by atoms with Gasteiger partial charge in [0.1, 0.15) is 6.04 Å². The third kappa shape index (κ3) is 3.40. The fraction of sp³-hybridized carbons (Fsp3) is 0.562. The van der Waals surface area contributed by atoms with E-state index < -0.39 is 0 Å². The summed E-state index contributed by atoms with van der Waals surface area (Å²) in [5.41, 5.74) is 0. The minimum Gasteiger partial charge on any atom is -0.351 e. The van der Waals surface area contributed by atoms with Crippen LogP contribution in [-0.2, 0) is 4.79 Å². The van der Waals surface area contributed by atoms with E-state index in [2.05, 4.69) is 22.4 Å². The summed E-state index contributed by atoms with van der Waals surface area (Å²) in [6.07, 6.45) is 4.70. The zero-order valence-electron chi connectivity index (χ0n) is 13.4. The number of hydrogen-bond donors (Lipinski definition) is 2. The second-order valence-corrected chi connectivity index (χ2v) is 7.59. The monoisotopic (exact) mass is 350 g/mol. The van der Waals surface area contributed by atoms with Crippen molar-refractivity contribution < 1.29 is 4.79 Å². The van der Waals surface area contributed by atoms with Crippen LogP contribution in [0.3, 0.4) is 0 Å². The summed E-state index contributed by atoms with van der Waals surface area (Å²) in [6.45, 7) is 4.10. The van der Waals surface area contributed by atoms with Gasteiger partial charge in [-0.15, -0.1) is 11.3 Å². The molecule has 0 aromatic carbocycles. The summed E-state index contributed by atoms with van der Waals surface area (Å²) in [5.74, 6) is 1.28. The Bertz CT molecular complexity index is 719. The first-order valence-electron chi connectivity index (χ1n) is 8.09. The summed E-state index contributed by atoms with van der Waals surface area (Å²) >= 11 is 6.93. The first kappa shape index (κ1) is 16.4. The molecule has 2 N–H and O–H groups in total. The number of aromatic amines is 1. The van der Waals surface area contributed by atoms with Crippen LogP contribution in [0.15, 0.2) is 17.5 Å². The van der Waals surface area contributed by atoms with Crippen LogP contribution in [0.5, 0.6) is 0 Å². The summed E-state index contributed by atoms with van der Waals surface area (Å²) < 4.78 is 2.29. The van der Waals surface area contributed by atoms with E-state index in [0.717, 1.165) is 17.1 Å². The highest BCUT2D eigenvalue weighted by molar-refractivity contribution is 7.71. The molecular formula is C16H22N4OS2. The minimum atomic E-state index is -0.382.